The molecule has 150 valence electrons. The maximum atomic E-state index is 12.7. The second-order valence-corrected chi connectivity index (χ2v) is 7.01. The van der Waals surface area contributed by atoms with Crippen molar-refractivity contribution in [2.75, 3.05) is 20.2 Å². The van der Waals surface area contributed by atoms with Gasteiger partial charge in [0.15, 0.2) is 0 Å². The molecule has 7 nitrogen and oxygen atoms in total. The van der Waals surface area contributed by atoms with Crippen LogP contribution in [0.4, 0.5) is 4.79 Å². The van der Waals surface area contributed by atoms with E-state index in [4.69, 9.17) is 9.47 Å². The number of amides is 2. The number of ether oxygens (including phenoxy) is 2. The number of hydrogen-bond donors (Lipinski definition) is 1. The van der Waals surface area contributed by atoms with Crippen LogP contribution in [0.3, 0.4) is 0 Å². The summed E-state index contributed by atoms with van der Waals surface area (Å²) in [7, 11) is 1.52. The lowest BCUT2D eigenvalue weighted by Gasteiger charge is -2.32. The molecule has 1 saturated heterocycles. The van der Waals surface area contributed by atoms with Crippen LogP contribution in [0, 0.1) is 0 Å². The van der Waals surface area contributed by atoms with Gasteiger partial charge in [-0.2, -0.15) is 4.98 Å². The minimum atomic E-state index is -0.105. The Morgan fingerprint density at radius 1 is 1.21 bits per heavy atom. The number of methoxy groups -OCH3 is 1. The fourth-order valence-electron chi connectivity index (χ4n) is 3.61. The highest BCUT2D eigenvalue weighted by Gasteiger charge is 2.25. The molecule has 0 saturated carbocycles. The van der Waals surface area contributed by atoms with E-state index in [0.29, 0.717) is 25.5 Å². The molecule has 1 N–H and O–H groups in total. The van der Waals surface area contributed by atoms with Gasteiger partial charge in [-0.05, 0) is 29.2 Å². The van der Waals surface area contributed by atoms with E-state index in [-0.39, 0.29) is 18.1 Å². The quantitative estimate of drug-likeness (QED) is 0.720. The van der Waals surface area contributed by atoms with Gasteiger partial charge in [0.05, 0.1) is 13.7 Å². The number of piperidine rings is 1. The molecule has 2 amide bonds. The Kier molecular flexibility index (Phi) is 5.74. The molecule has 2 heterocycles. The summed E-state index contributed by atoms with van der Waals surface area (Å²) < 4.78 is 11.0. The number of likely N-dealkylation sites (tertiary alicyclic amines) is 1. The monoisotopic (exact) mass is 392 g/mol. The maximum Gasteiger partial charge on any atom is 0.319 e. The number of carbonyl (C=O) groups is 1. The number of urea groups is 1. The van der Waals surface area contributed by atoms with Crippen LogP contribution >= 0.6 is 0 Å². The molecule has 1 fully saturated rings. The van der Waals surface area contributed by atoms with Crippen LogP contribution in [0.15, 0.2) is 54.7 Å². The Morgan fingerprint density at radius 3 is 2.97 bits per heavy atom. The number of fused-ring (bicyclic) bond motifs is 1. The fourth-order valence-corrected chi connectivity index (χ4v) is 3.61. The van der Waals surface area contributed by atoms with Crippen molar-refractivity contribution in [1.82, 2.24) is 20.2 Å². The highest BCUT2D eigenvalue weighted by atomic mass is 16.5. The van der Waals surface area contributed by atoms with Crippen molar-refractivity contribution in [3.63, 3.8) is 0 Å². The minimum absolute atomic E-state index is 0.0773. The first-order valence-electron chi connectivity index (χ1n) is 9.76. The van der Waals surface area contributed by atoms with Crippen molar-refractivity contribution in [3.05, 3.63) is 60.3 Å². The molecule has 1 aromatic heterocycles. The molecule has 2 aromatic carbocycles. The van der Waals surface area contributed by atoms with E-state index in [9.17, 15) is 4.79 Å². The van der Waals surface area contributed by atoms with E-state index in [1.54, 1.807) is 17.2 Å². The number of rotatable bonds is 5. The van der Waals surface area contributed by atoms with Gasteiger partial charge in [-0.15, -0.1) is 0 Å². The Labute approximate surface area is 169 Å². The molecule has 1 atom stereocenters. The van der Waals surface area contributed by atoms with Gasteiger partial charge >= 0.3 is 12.0 Å². The summed E-state index contributed by atoms with van der Waals surface area (Å²) >= 11 is 0. The number of nitrogens with zero attached hydrogens (tertiary/aromatic N) is 3. The molecule has 0 spiro atoms. The van der Waals surface area contributed by atoms with Crippen molar-refractivity contribution in [3.8, 4) is 11.9 Å². The third-order valence-electron chi connectivity index (χ3n) is 5.05. The molecule has 0 radical (unpaired) electrons. The largest absolute Gasteiger partial charge is 0.472 e. The summed E-state index contributed by atoms with van der Waals surface area (Å²) in [6, 6.07) is 16.2. The summed E-state index contributed by atoms with van der Waals surface area (Å²) in [5, 5.41) is 5.38. The Bertz CT molecular complexity index is 989. The van der Waals surface area contributed by atoms with Crippen LogP contribution < -0.4 is 14.8 Å². The molecule has 0 bridgehead atoms. The van der Waals surface area contributed by atoms with Crippen LogP contribution in [0.25, 0.3) is 10.8 Å². The van der Waals surface area contributed by atoms with Gasteiger partial charge in [0.1, 0.15) is 6.10 Å². The predicted molar refractivity (Wildman–Crippen MR) is 110 cm³/mol. The van der Waals surface area contributed by atoms with Crippen LogP contribution in [0.5, 0.6) is 11.9 Å². The zero-order chi connectivity index (χ0) is 20.1. The molecular formula is C22H24N4O3. The van der Waals surface area contributed by atoms with E-state index >= 15 is 0 Å². The van der Waals surface area contributed by atoms with Gasteiger partial charge in [0.25, 0.3) is 0 Å². The standard InChI is InChI=1S/C22H24N4O3/c1-28-21-23-12-11-20(25-21)29-18-9-5-13-26(15-18)22(27)24-14-17-8-4-7-16-6-2-3-10-19(16)17/h2-4,6-8,10-12,18H,5,9,13-15H2,1H3,(H,24,27). The van der Waals surface area contributed by atoms with Gasteiger partial charge < -0.3 is 19.7 Å². The second-order valence-electron chi connectivity index (χ2n) is 7.01. The first-order chi connectivity index (χ1) is 14.2. The Hall–Kier alpha value is -3.35. The minimum Gasteiger partial charge on any atom is -0.472 e. The predicted octanol–water partition coefficient (Wildman–Crippen LogP) is 3.39. The van der Waals surface area contributed by atoms with Crippen LogP contribution in [-0.4, -0.2) is 47.2 Å². The van der Waals surface area contributed by atoms with E-state index in [1.165, 1.54) is 12.5 Å². The highest BCUT2D eigenvalue weighted by molar-refractivity contribution is 5.86. The number of aromatic nitrogens is 2. The van der Waals surface area contributed by atoms with Crippen molar-refractivity contribution in [1.29, 1.82) is 0 Å². The highest BCUT2D eigenvalue weighted by Crippen LogP contribution is 2.20. The fraction of sp³-hybridized carbons (Fsp3) is 0.318. The maximum absolute atomic E-state index is 12.7. The van der Waals surface area contributed by atoms with Crippen LogP contribution in [0.2, 0.25) is 0 Å². The van der Waals surface area contributed by atoms with Crippen molar-refractivity contribution in [2.24, 2.45) is 0 Å². The molecule has 7 heteroatoms. The van der Waals surface area contributed by atoms with E-state index < -0.39 is 0 Å². The Morgan fingerprint density at radius 2 is 2.07 bits per heavy atom. The van der Waals surface area contributed by atoms with Gasteiger partial charge in [-0.1, -0.05) is 42.5 Å². The third-order valence-corrected chi connectivity index (χ3v) is 5.05. The normalized spacial score (nSPS) is 16.4. The summed E-state index contributed by atoms with van der Waals surface area (Å²) in [6.45, 7) is 1.73. The van der Waals surface area contributed by atoms with Crippen molar-refractivity contribution < 1.29 is 14.3 Å². The van der Waals surface area contributed by atoms with Crippen LogP contribution in [0.1, 0.15) is 18.4 Å². The van der Waals surface area contributed by atoms with Crippen molar-refractivity contribution >= 4 is 16.8 Å². The lowest BCUT2D eigenvalue weighted by Crippen LogP contribution is -2.48. The zero-order valence-corrected chi connectivity index (χ0v) is 16.4. The van der Waals surface area contributed by atoms with Gasteiger partial charge in [0.2, 0.25) is 5.88 Å². The summed E-state index contributed by atoms with van der Waals surface area (Å²) in [6.07, 6.45) is 3.25. The summed E-state index contributed by atoms with van der Waals surface area (Å²) in [4.78, 5) is 22.7. The average Bonchev–Trinajstić information content (AvgIpc) is 2.77. The lowest BCUT2D eigenvalue weighted by molar-refractivity contribution is 0.0969. The second kappa shape index (κ2) is 8.77. The first kappa shape index (κ1) is 19.0. The van der Waals surface area contributed by atoms with Gasteiger partial charge in [-0.25, -0.2) is 9.78 Å². The van der Waals surface area contributed by atoms with Gasteiger partial charge in [-0.3, -0.25) is 0 Å². The first-order valence-corrected chi connectivity index (χ1v) is 9.76. The smallest absolute Gasteiger partial charge is 0.319 e. The number of nitrogens with one attached hydrogen (secondary N) is 1. The summed E-state index contributed by atoms with van der Waals surface area (Å²) in [5.74, 6) is 0.458. The molecule has 3 aromatic rings. The molecule has 29 heavy (non-hydrogen) atoms. The number of carbonyl (C=O) groups excluding carboxylic acids is 1. The SMILES string of the molecule is COc1nccc(OC2CCCN(C(=O)NCc3cccc4ccccc34)C2)n1. The lowest BCUT2D eigenvalue weighted by atomic mass is 10.0. The third kappa shape index (κ3) is 4.56. The number of hydrogen-bond acceptors (Lipinski definition) is 5. The van der Waals surface area contributed by atoms with E-state index in [2.05, 4.69) is 33.5 Å². The molecular weight excluding hydrogens is 368 g/mol. The van der Waals surface area contributed by atoms with E-state index in [0.717, 1.165) is 23.8 Å². The topological polar surface area (TPSA) is 76.6 Å². The average molecular weight is 392 g/mol. The molecule has 1 aliphatic heterocycles. The summed E-state index contributed by atoms with van der Waals surface area (Å²) in [5.41, 5.74) is 1.11. The number of benzene rings is 2. The molecule has 1 aliphatic rings. The van der Waals surface area contributed by atoms with Gasteiger partial charge in [0, 0.05) is 25.4 Å². The van der Waals surface area contributed by atoms with Crippen LogP contribution in [-0.2, 0) is 6.54 Å². The molecule has 4 rings (SSSR count). The molecule has 0 aliphatic carbocycles. The molecule has 1 unspecified atom stereocenters. The Balaban J connectivity index is 1.36. The zero-order valence-electron chi connectivity index (χ0n) is 16.4. The van der Waals surface area contributed by atoms with E-state index in [1.807, 2.05) is 24.3 Å². The van der Waals surface area contributed by atoms with Crippen molar-refractivity contribution in [2.45, 2.75) is 25.5 Å².